The lowest BCUT2D eigenvalue weighted by atomic mass is 10.2. The van der Waals surface area contributed by atoms with Gasteiger partial charge in [0.25, 0.3) is 0 Å². The molecule has 5 heteroatoms. The summed E-state index contributed by atoms with van der Waals surface area (Å²) in [7, 11) is 2.03. The molecule has 0 spiro atoms. The third-order valence-electron chi connectivity index (χ3n) is 2.83. The molecular formula is C14H23N3OS. The van der Waals surface area contributed by atoms with Crippen LogP contribution in [0.3, 0.4) is 0 Å². The maximum absolute atomic E-state index is 11.7. The van der Waals surface area contributed by atoms with Gasteiger partial charge in [0.05, 0.1) is 0 Å². The molecule has 0 heterocycles. The molecule has 0 aliphatic carbocycles. The van der Waals surface area contributed by atoms with Gasteiger partial charge in [0.2, 0.25) is 0 Å². The number of carbonyl (C=O) groups excluding carboxylic acids is 1. The summed E-state index contributed by atoms with van der Waals surface area (Å²) in [5, 5.41) is 5.71. The summed E-state index contributed by atoms with van der Waals surface area (Å²) >= 11 is 1.79. The van der Waals surface area contributed by atoms with Crippen LogP contribution in [0.15, 0.2) is 24.3 Å². The fourth-order valence-electron chi connectivity index (χ4n) is 1.60. The predicted octanol–water partition coefficient (Wildman–Crippen LogP) is 3.02. The van der Waals surface area contributed by atoms with Gasteiger partial charge in [-0.05, 0) is 43.6 Å². The van der Waals surface area contributed by atoms with Gasteiger partial charge in [0, 0.05) is 31.5 Å². The van der Waals surface area contributed by atoms with Crippen molar-refractivity contribution >= 4 is 29.2 Å². The Kier molecular flexibility index (Phi) is 7.18. The molecule has 0 aromatic heterocycles. The average molecular weight is 281 g/mol. The quantitative estimate of drug-likeness (QED) is 0.755. The normalized spacial score (nSPS) is 10.1. The first-order valence-electron chi connectivity index (χ1n) is 6.52. The molecular weight excluding hydrogens is 258 g/mol. The molecule has 0 aliphatic heterocycles. The van der Waals surface area contributed by atoms with Gasteiger partial charge >= 0.3 is 6.03 Å². The topological polar surface area (TPSA) is 44.4 Å². The number of nitrogens with zero attached hydrogens (tertiary/aromatic N) is 1. The highest BCUT2D eigenvalue weighted by Gasteiger charge is 2.03. The second-order valence-electron chi connectivity index (χ2n) is 4.29. The molecule has 106 valence electrons. The number of nitrogens with one attached hydrogen (secondary N) is 2. The number of rotatable bonds is 7. The number of hydrogen-bond donors (Lipinski definition) is 2. The van der Waals surface area contributed by atoms with Gasteiger partial charge in [-0.3, -0.25) is 0 Å². The molecule has 0 saturated carbocycles. The van der Waals surface area contributed by atoms with E-state index < -0.39 is 0 Å². The summed E-state index contributed by atoms with van der Waals surface area (Å²) < 4.78 is 0. The molecule has 0 atom stereocenters. The minimum Gasteiger partial charge on any atom is -0.375 e. The third kappa shape index (κ3) is 5.87. The van der Waals surface area contributed by atoms with Crippen molar-refractivity contribution in [3.63, 3.8) is 0 Å². The molecule has 19 heavy (non-hydrogen) atoms. The van der Waals surface area contributed by atoms with E-state index in [4.69, 9.17) is 0 Å². The first-order valence-corrected chi connectivity index (χ1v) is 7.91. The van der Waals surface area contributed by atoms with Gasteiger partial charge in [-0.1, -0.05) is 6.07 Å². The Morgan fingerprint density at radius 1 is 1.42 bits per heavy atom. The number of benzene rings is 1. The summed E-state index contributed by atoms with van der Waals surface area (Å²) in [6, 6.07) is 7.72. The van der Waals surface area contributed by atoms with Crippen LogP contribution in [0.5, 0.6) is 0 Å². The molecule has 2 N–H and O–H groups in total. The minimum atomic E-state index is -0.141. The Hall–Kier alpha value is -1.36. The van der Waals surface area contributed by atoms with E-state index in [1.165, 1.54) is 0 Å². The van der Waals surface area contributed by atoms with Crippen LogP contribution in [0, 0.1) is 0 Å². The first-order chi connectivity index (χ1) is 9.17. The second kappa shape index (κ2) is 8.69. The third-order valence-corrected chi connectivity index (χ3v) is 3.53. The Morgan fingerprint density at radius 2 is 2.21 bits per heavy atom. The monoisotopic (exact) mass is 281 g/mol. The summed E-state index contributed by atoms with van der Waals surface area (Å²) in [6.45, 7) is 3.74. The highest BCUT2D eigenvalue weighted by atomic mass is 32.2. The standard InChI is InChI=1S/C14H23N3OS/c1-4-17(2)13-8-5-7-12(11-13)16-14(18)15-9-6-10-19-3/h5,7-8,11H,4,6,9-10H2,1-3H3,(H2,15,16,18). The summed E-state index contributed by atoms with van der Waals surface area (Å²) in [6.07, 6.45) is 3.06. The van der Waals surface area contributed by atoms with Crippen molar-refractivity contribution in [3.8, 4) is 0 Å². The van der Waals surface area contributed by atoms with Gasteiger partial charge in [-0.15, -0.1) is 0 Å². The molecule has 1 aromatic carbocycles. The number of thioether (sulfide) groups is 1. The Labute approximate surface area is 119 Å². The summed E-state index contributed by atoms with van der Waals surface area (Å²) in [5.41, 5.74) is 1.92. The molecule has 0 radical (unpaired) electrons. The molecule has 0 saturated heterocycles. The summed E-state index contributed by atoms with van der Waals surface area (Å²) in [5.74, 6) is 1.07. The Morgan fingerprint density at radius 3 is 2.89 bits per heavy atom. The Bertz CT molecular complexity index is 398. The number of carbonyl (C=O) groups is 1. The lowest BCUT2D eigenvalue weighted by Gasteiger charge is -2.17. The van der Waals surface area contributed by atoms with Gasteiger partial charge in [-0.25, -0.2) is 4.79 Å². The van der Waals surface area contributed by atoms with E-state index in [1.54, 1.807) is 11.8 Å². The molecule has 1 rings (SSSR count). The van der Waals surface area contributed by atoms with Crippen LogP contribution in [0.25, 0.3) is 0 Å². The maximum atomic E-state index is 11.7. The van der Waals surface area contributed by atoms with Gasteiger partial charge in [0.1, 0.15) is 0 Å². The van der Waals surface area contributed by atoms with Crippen molar-refractivity contribution in [1.82, 2.24) is 5.32 Å². The fourth-order valence-corrected chi connectivity index (χ4v) is 2.03. The molecule has 0 aliphatic rings. The van der Waals surface area contributed by atoms with Crippen molar-refractivity contribution < 1.29 is 4.79 Å². The lowest BCUT2D eigenvalue weighted by molar-refractivity contribution is 0.252. The van der Waals surface area contributed by atoms with Crippen molar-refractivity contribution in [2.45, 2.75) is 13.3 Å². The zero-order valence-electron chi connectivity index (χ0n) is 11.9. The van der Waals surface area contributed by atoms with Crippen LogP contribution >= 0.6 is 11.8 Å². The van der Waals surface area contributed by atoms with Crippen molar-refractivity contribution in [3.05, 3.63) is 24.3 Å². The number of anilines is 2. The second-order valence-corrected chi connectivity index (χ2v) is 5.28. The van der Waals surface area contributed by atoms with Crippen LogP contribution in [0.1, 0.15) is 13.3 Å². The molecule has 0 unspecified atom stereocenters. The molecule has 0 fully saturated rings. The van der Waals surface area contributed by atoms with Crippen LogP contribution in [0.4, 0.5) is 16.2 Å². The number of amides is 2. The summed E-state index contributed by atoms with van der Waals surface area (Å²) in [4.78, 5) is 13.8. The Balaban J connectivity index is 2.45. The molecule has 4 nitrogen and oxygen atoms in total. The van der Waals surface area contributed by atoms with E-state index in [2.05, 4.69) is 28.7 Å². The van der Waals surface area contributed by atoms with Gasteiger partial charge in [0.15, 0.2) is 0 Å². The molecule has 2 amide bonds. The van der Waals surface area contributed by atoms with Crippen molar-refractivity contribution in [2.24, 2.45) is 0 Å². The van der Waals surface area contributed by atoms with E-state index in [9.17, 15) is 4.79 Å². The predicted molar refractivity (Wildman–Crippen MR) is 85.4 cm³/mol. The molecule has 0 bridgehead atoms. The highest BCUT2D eigenvalue weighted by Crippen LogP contribution is 2.17. The van der Waals surface area contributed by atoms with Crippen LogP contribution in [0.2, 0.25) is 0 Å². The largest absolute Gasteiger partial charge is 0.375 e. The highest BCUT2D eigenvalue weighted by molar-refractivity contribution is 7.98. The molecule has 1 aromatic rings. The number of urea groups is 1. The van der Waals surface area contributed by atoms with Crippen molar-refractivity contribution in [1.29, 1.82) is 0 Å². The average Bonchev–Trinajstić information content (AvgIpc) is 2.43. The van der Waals surface area contributed by atoms with E-state index >= 15 is 0 Å². The van der Waals surface area contributed by atoms with Crippen LogP contribution < -0.4 is 15.5 Å². The van der Waals surface area contributed by atoms with Gasteiger partial charge < -0.3 is 15.5 Å². The lowest BCUT2D eigenvalue weighted by Crippen LogP contribution is -2.29. The van der Waals surface area contributed by atoms with Crippen LogP contribution in [-0.4, -0.2) is 38.2 Å². The van der Waals surface area contributed by atoms with E-state index in [1.807, 2.05) is 31.3 Å². The van der Waals surface area contributed by atoms with Gasteiger partial charge in [-0.2, -0.15) is 11.8 Å². The van der Waals surface area contributed by atoms with E-state index in [0.29, 0.717) is 6.54 Å². The van der Waals surface area contributed by atoms with E-state index in [-0.39, 0.29) is 6.03 Å². The van der Waals surface area contributed by atoms with Crippen molar-refractivity contribution in [2.75, 3.05) is 42.4 Å². The zero-order chi connectivity index (χ0) is 14.1. The zero-order valence-corrected chi connectivity index (χ0v) is 12.7. The van der Waals surface area contributed by atoms with Crippen LogP contribution in [-0.2, 0) is 0 Å². The SMILES string of the molecule is CCN(C)c1cccc(NC(=O)NCCCSC)c1. The first kappa shape index (κ1) is 15.7. The minimum absolute atomic E-state index is 0.141. The number of hydrogen-bond acceptors (Lipinski definition) is 3. The smallest absolute Gasteiger partial charge is 0.319 e. The maximum Gasteiger partial charge on any atom is 0.319 e. The fraction of sp³-hybridized carbons (Fsp3) is 0.500. The van der Waals surface area contributed by atoms with E-state index in [0.717, 1.165) is 30.1 Å².